The molecule has 5 rings (SSSR count). The number of aliphatic carboxylic acids is 1. The van der Waals surface area contributed by atoms with Gasteiger partial charge in [-0.3, -0.25) is 9.89 Å². The number of methoxy groups -OCH3 is 2. The van der Waals surface area contributed by atoms with Crippen LogP contribution in [-0.2, 0) is 15.1 Å². The molecule has 4 heterocycles. The van der Waals surface area contributed by atoms with Crippen LogP contribution in [0.3, 0.4) is 0 Å². The number of hydrogen-bond donors (Lipinski definition) is 2. The molecular formula is C26H30N2O6. The van der Waals surface area contributed by atoms with Gasteiger partial charge in [-0.1, -0.05) is 13.3 Å². The van der Waals surface area contributed by atoms with Crippen molar-refractivity contribution in [2.24, 2.45) is 16.8 Å². The van der Waals surface area contributed by atoms with Crippen LogP contribution in [0.2, 0.25) is 0 Å². The Kier molecular flexibility index (Phi) is 5.73. The predicted octanol–water partition coefficient (Wildman–Crippen LogP) is 3.96. The fraction of sp³-hybridized carbons (Fsp3) is 0.462. The molecule has 0 amide bonds. The molecule has 2 aromatic rings. The van der Waals surface area contributed by atoms with E-state index in [1.807, 2.05) is 18.2 Å². The Morgan fingerprint density at radius 2 is 2.18 bits per heavy atom. The van der Waals surface area contributed by atoms with E-state index in [4.69, 9.17) is 18.9 Å². The summed E-state index contributed by atoms with van der Waals surface area (Å²) in [5.74, 6) is -0.377. The Balaban J connectivity index is 1.56. The van der Waals surface area contributed by atoms with Gasteiger partial charge in [0.1, 0.15) is 11.4 Å². The topological polar surface area (TPSA) is 105 Å². The molecule has 3 aliphatic rings. The van der Waals surface area contributed by atoms with E-state index in [1.165, 1.54) is 13.4 Å². The second kappa shape index (κ2) is 8.60. The van der Waals surface area contributed by atoms with E-state index < -0.39 is 11.6 Å². The van der Waals surface area contributed by atoms with Gasteiger partial charge in [0, 0.05) is 24.2 Å². The molecule has 0 saturated carbocycles. The number of aliphatic hydroxyl groups is 1. The molecule has 2 N–H and O–H groups in total. The number of aliphatic imine (C=N–C) groups is 1. The van der Waals surface area contributed by atoms with Gasteiger partial charge in [-0.05, 0) is 42.9 Å². The number of ether oxygens (including phenoxy) is 2. The Bertz CT molecular complexity index is 1150. The van der Waals surface area contributed by atoms with Gasteiger partial charge in [-0.25, -0.2) is 4.79 Å². The van der Waals surface area contributed by atoms with Gasteiger partial charge in [0.2, 0.25) is 0 Å². The molecular weight excluding hydrogens is 436 g/mol. The number of furan rings is 1. The summed E-state index contributed by atoms with van der Waals surface area (Å²) >= 11 is 0. The van der Waals surface area contributed by atoms with Crippen molar-refractivity contribution < 1.29 is 28.9 Å². The van der Waals surface area contributed by atoms with E-state index in [2.05, 4.69) is 11.8 Å². The first-order valence-corrected chi connectivity index (χ1v) is 11.7. The first-order valence-electron chi connectivity index (χ1n) is 11.7. The monoisotopic (exact) mass is 466 g/mol. The Hall–Kier alpha value is -3.10. The maximum atomic E-state index is 12.1. The molecule has 8 nitrogen and oxygen atoms in total. The highest BCUT2D eigenvalue weighted by Crippen LogP contribution is 2.53. The van der Waals surface area contributed by atoms with Crippen LogP contribution in [0.1, 0.15) is 31.7 Å². The van der Waals surface area contributed by atoms with Crippen molar-refractivity contribution in [2.75, 3.05) is 27.3 Å². The van der Waals surface area contributed by atoms with E-state index in [9.17, 15) is 15.0 Å². The number of nitrogens with zero attached hydrogens (tertiary/aromatic N) is 2. The van der Waals surface area contributed by atoms with Crippen molar-refractivity contribution in [3.63, 3.8) is 0 Å². The van der Waals surface area contributed by atoms with Gasteiger partial charge in [0.05, 0.1) is 61.6 Å². The number of carboxylic acid groups (broad SMARTS) is 1. The Morgan fingerprint density at radius 3 is 2.82 bits per heavy atom. The second-order valence-electron chi connectivity index (χ2n) is 9.30. The molecule has 8 heteroatoms. The molecule has 1 aromatic carbocycles. The second-order valence-corrected chi connectivity index (χ2v) is 9.30. The molecule has 0 aliphatic carbocycles. The SMILES string of the molecule is CC[C@@H]1CN2CC[C@@]3(O)C(=Nc4ccc(-c5ccoc5)c(OC)c43)C2C[C@@H]1/C(=C\OC)C(=O)O. The largest absolute Gasteiger partial charge is 0.504 e. The minimum atomic E-state index is -1.26. The minimum absolute atomic E-state index is 0.166. The Morgan fingerprint density at radius 1 is 1.35 bits per heavy atom. The quantitative estimate of drug-likeness (QED) is 0.490. The number of hydrogen-bond acceptors (Lipinski definition) is 7. The average molecular weight is 467 g/mol. The zero-order valence-electron chi connectivity index (χ0n) is 19.7. The van der Waals surface area contributed by atoms with Crippen LogP contribution in [0, 0.1) is 11.8 Å². The van der Waals surface area contributed by atoms with E-state index >= 15 is 0 Å². The highest BCUT2D eigenvalue weighted by atomic mass is 16.5. The molecule has 0 radical (unpaired) electrons. The van der Waals surface area contributed by atoms with Crippen LogP contribution in [0.15, 0.2) is 52.0 Å². The Labute approximate surface area is 198 Å². The lowest BCUT2D eigenvalue weighted by Gasteiger charge is -2.50. The summed E-state index contributed by atoms with van der Waals surface area (Å²) in [6.45, 7) is 3.54. The fourth-order valence-corrected chi connectivity index (χ4v) is 6.07. The molecule has 2 fully saturated rings. The normalized spacial score (nSPS) is 28.5. The van der Waals surface area contributed by atoms with Gasteiger partial charge in [-0.15, -0.1) is 0 Å². The first-order chi connectivity index (χ1) is 16.4. The molecule has 1 aromatic heterocycles. The summed E-state index contributed by atoms with van der Waals surface area (Å²) in [4.78, 5) is 19.3. The molecule has 4 atom stereocenters. The molecule has 2 saturated heterocycles. The van der Waals surface area contributed by atoms with Crippen LogP contribution in [0.4, 0.5) is 5.69 Å². The van der Waals surface area contributed by atoms with Crippen molar-refractivity contribution >= 4 is 17.4 Å². The van der Waals surface area contributed by atoms with Gasteiger partial charge < -0.3 is 24.1 Å². The minimum Gasteiger partial charge on any atom is -0.504 e. The number of carboxylic acids is 1. The molecule has 0 bridgehead atoms. The van der Waals surface area contributed by atoms with Crippen molar-refractivity contribution in [2.45, 2.75) is 37.8 Å². The van der Waals surface area contributed by atoms with E-state index in [0.717, 1.165) is 24.1 Å². The summed E-state index contributed by atoms with van der Waals surface area (Å²) in [5, 5.41) is 21.9. The zero-order valence-corrected chi connectivity index (χ0v) is 19.7. The molecule has 180 valence electrons. The number of rotatable bonds is 6. The van der Waals surface area contributed by atoms with Crippen LogP contribution in [0.25, 0.3) is 11.1 Å². The smallest absolute Gasteiger partial charge is 0.334 e. The van der Waals surface area contributed by atoms with Crippen LogP contribution in [0.5, 0.6) is 5.75 Å². The van der Waals surface area contributed by atoms with Crippen molar-refractivity contribution in [3.05, 3.63) is 48.1 Å². The summed E-state index contributed by atoms with van der Waals surface area (Å²) in [5.41, 5.74) is 2.78. The van der Waals surface area contributed by atoms with E-state index in [0.29, 0.717) is 42.1 Å². The summed E-state index contributed by atoms with van der Waals surface area (Å²) < 4.78 is 16.2. The maximum absolute atomic E-state index is 12.1. The number of piperidine rings is 2. The van der Waals surface area contributed by atoms with E-state index in [-0.39, 0.29) is 23.5 Å². The lowest BCUT2D eigenvalue weighted by molar-refractivity contribution is -0.134. The third-order valence-electron chi connectivity index (χ3n) is 7.70. The summed E-state index contributed by atoms with van der Waals surface area (Å²) in [6, 6.07) is 5.54. The third kappa shape index (κ3) is 3.35. The van der Waals surface area contributed by atoms with Gasteiger partial charge in [-0.2, -0.15) is 0 Å². The predicted molar refractivity (Wildman–Crippen MR) is 126 cm³/mol. The highest BCUT2D eigenvalue weighted by molar-refractivity contribution is 6.06. The van der Waals surface area contributed by atoms with Crippen molar-refractivity contribution in [3.8, 4) is 16.9 Å². The third-order valence-corrected chi connectivity index (χ3v) is 7.70. The summed E-state index contributed by atoms with van der Waals surface area (Å²) in [6.07, 6.45) is 6.54. The lowest BCUT2D eigenvalue weighted by Crippen LogP contribution is -2.60. The standard InChI is InChI=1S/C26H30N2O6/c1-4-15-12-28-9-8-26(31)22-20(6-5-17(23(22)33-3)16-7-10-34-13-16)27-24(26)21(28)11-18(15)19(14-32-2)25(29)30/h5-7,10,13-15,18,21,31H,4,8-9,11-12H2,1-3H3,(H,29,30)/b19-14+/t15-,18+,21?,26+/m1/s1. The van der Waals surface area contributed by atoms with Gasteiger partial charge in [0.15, 0.2) is 0 Å². The first kappa shape index (κ1) is 22.7. The van der Waals surface area contributed by atoms with E-state index in [1.54, 1.807) is 19.6 Å². The number of fused-ring (bicyclic) bond motifs is 5. The number of benzene rings is 1. The molecule has 1 unspecified atom stereocenters. The fourth-order valence-electron chi connectivity index (χ4n) is 6.07. The van der Waals surface area contributed by atoms with Crippen molar-refractivity contribution in [1.82, 2.24) is 4.90 Å². The summed E-state index contributed by atoms with van der Waals surface area (Å²) in [7, 11) is 3.08. The lowest BCUT2D eigenvalue weighted by atomic mass is 9.70. The molecule has 3 aliphatic heterocycles. The van der Waals surface area contributed by atoms with Gasteiger partial charge >= 0.3 is 5.97 Å². The van der Waals surface area contributed by atoms with Crippen LogP contribution in [-0.4, -0.2) is 60.1 Å². The highest BCUT2D eigenvalue weighted by Gasteiger charge is 2.54. The average Bonchev–Trinajstić information content (AvgIpc) is 3.47. The molecule has 0 spiro atoms. The maximum Gasteiger partial charge on any atom is 0.334 e. The van der Waals surface area contributed by atoms with Crippen LogP contribution >= 0.6 is 0 Å². The number of carbonyl (C=O) groups is 1. The molecule has 34 heavy (non-hydrogen) atoms. The van der Waals surface area contributed by atoms with Crippen molar-refractivity contribution in [1.29, 1.82) is 0 Å². The zero-order chi connectivity index (χ0) is 24.0. The van der Waals surface area contributed by atoms with Crippen LogP contribution < -0.4 is 4.74 Å². The van der Waals surface area contributed by atoms with Gasteiger partial charge in [0.25, 0.3) is 0 Å².